The zero-order valence-electron chi connectivity index (χ0n) is 29.4. The Balaban J connectivity index is 1.11. The Kier molecular flexibility index (Phi) is 11.4. The van der Waals surface area contributed by atoms with E-state index in [0.29, 0.717) is 35.5 Å². The Morgan fingerprint density at radius 1 is 1.00 bits per heavy atom. The second-order valence-electron chi connectivity index (χ2n) is 17.4. The molecular weight excluding hydrogens is 554 g/mol. The lowest BCUT2D eigenvalue weighted by Gasteiger charge is -2.57. The van der Waals surface area contributed by atoms with Crippen LogP contribution in [0.2, 0.25) is 0 Å². The van der Waals surface area contributed by atoms with E-state index >= 15 is 0 Å². The molecule has 0 aromatic heterocycles. The van der Waals surface area contributed by atoms with Crippen LogP contribution < -0.4 is 11.1 Å². The lowest BCUT2D eigenvalue weighted by molar-refractivity contribution is -0.0528. The second kappa shape index (κ2) is 15.3. The third-order valence-electron chi connectivity index (χ3n) is 13.3. The van der Waals surface area contributed by atoms with Crippen molar-refractivity contribution in [3.05, 3.63) is 0 Å². The summed E-state index contributed by atoms with van der Waals surface area (Å²) in [5.74, 6) is 5.27. The van der Waals surface area contributed by atoms with Gasteiger partial charge in [0.15, 0.2) is 5.96 Å². The highest BCUT2D eigenvalue weighted by Gasteiger charge is 2.50. The second-order valence-corrected chi connectivity index (χ2v) is 17.4. The van der Waals surface area contributed by atoms with Gasteiger partial charge >= 0.3 is 0 Å². The van der Waals surface area contributed by atoms with E-state index < -0.39 is 0 Å². The largest absolute Gasteiger partial charge is 0.370 e. The number of likely N-dealkylation sites (tertiary alicyclic amines) is 1. The first-order chi connectivity index (χ1) is 21.8. The molecule has 6 fully saturated rings. The highest BCUT2D eigenvalue weighted by atomic mass is 15.4. The third-order valence-corrected chi connectivity index (χ3v) is 13.3. The molecule has 0 spiro atoms. The molecule has 4 bridgehead atoms. The van der Waals surface area contributed by atoms with Crippen LogP contribution in [-0.4, -0.2) is 90.4 Å². The number of nitrogens with one attached hydrogen (secondary N) is 2. The Bertz CT molecular complexity index is 938. The molecule has 0 aromatic rings. The smallest absolute Gasteiger partial charge is 0.191 e. The van der Waals surface area contributed by atoms with Crippen molar-refractivity contribution in [1.29, 1.82) is 5.41 Å². The van der Waals surface area contributed by atoms with Crippen LogP contribution in [0.15, 0.2) is 4.99 Å². The normalized spacial score (nSPS) is 34.9. The van der Waals surface area contributed by atoms with Crippen LogP contribution >= 0.6 is 0 Å². The molecule has 2 aliphatic heterocycles. The highest BCUT2D eigenvalue weighted by molar-refractivity contribution is 5.80. The predicted octanol–water partition coefficient (Wildman–Crippen LogP) is 6.72. The fraction of sp³-hybridized carbons (Fsp3) is 0.947. The minimum Gasteiger partial charge on any atom is -0.370 e. The molecule has 5 aliphatic carbocycles. The van der Waals surface area contributed by atoms with E-state index in [9.17, 15) is 0 Å². The maximum Gasteiger partial charge on any atom is 0.191 e. The molecule has 7 aliphatic rings. The Labute approximate surface area is 276 Å². The van der Waals surface area contributed by atoms with Crippen LogP contribution in [0.4, 0.5) is 0 Å². The number of nitrogens with zero attached hydrogens (tertiary/aromatic N) is 4. The molecule has 0 aromatic carbocycles. The van der Waals surface area contributed by atoms with Crippen molar-refractivity contribution in [2.45, 2.75) is 154 Å². The van der Waals surface area contributed by atoms with Crippen LogP contribution in [0.5, 0.6) is 0 Å². The molecule has 45 heavy (non-hydrogen) atoms. The molecule has 5 saturated carbocycles. The average Bonchev–Trinajstić information content (AvgIpc) is 3.59. The Hall–Kier alpha value is -1.34. The summed E-state index contributed by atoms with van der Waals surface area (Å²) < 4.78 is 0. The Morgan fingerprint density at radius 2 is 1.71 bits per heavy atom. The van der Waals surface area contributed by atoms with Gasteiger partial charge in [-0.2, -0.15) is 0 Å². The molecule has 0 unspecified atom stereocenters. The van der Waals surface area contributed by atoms with Crippen LogP contribution in [0.3, 0.4) is 0 Å². The van der Waals surface area contributed by atoms with Crippen molar-refractivity contribution in [2.75, 3.05) is 39.3 Å². The van der Waals surface area contributed by atoms with E-state index in [1.807, 2.05) is 0 Å². The summed E-state index contributed by atoms with van der Waals surface area (Å²) >= 11 is 0. The summed E-state index contributed by atoms with van der Waals surface area (Å²) in [5, 5.41) is 12.9. The lowest BCUT2D eigenvalue weighted by Crippen LogP contribution is -2.55. The van der Waals surface area contributed by atoms with E-state index in [4.69, 9.17) is 11.1 Å². The minimum atomic E-state index is 0.419. The number of guanidine groups is 1. The van der Waals surface area contributed by atoms with Gasteiger partial charge < -0.3 is 20.9 Å². The van der Waals surface area contributed by atoms with Gasteiger partial charge in [-0.1, -0.05) is 59.3 Å². The van der Waals surface area contributed by atoms with E-state index in [-0.39, 0.29) is 0 Å². The van der Waals surface area contributed by atoms with Crippen molar-refractivity contribution < 1.29 is 0 Å². The van der Waals surface area contributed by atoms with Crippen molar-refractivity contribution in [2.24, 2.45) is 45.7 Å². The standard InChI is InChI=1S/C38H69N7/c1-4-9-33(42-26-38-19-30-15-31(20-38)17-32(16-30)21-38)23-44(27-39)36(18-29-10-6-5-7-11-29)24-43-13-8-12-34(43)25-45-35(14-28(2)3)22-41-37(45)40/h27-36,39,42H,4-26H2,1-3H3,(H2,40,41)/t30?,31?,32?,33-,34+,35-,36-,38?/m1/s1. The van der Waals surface area contributed by atoms with Gasteiger partial charge in [-0.25, -0.2) is 0 Å². The molecule has 256 valence electrons. The van der Waals surface area contributed by atoms with Gasteiger partial charge in [-0.3, -0.25) is 15.3 Å². The fourth-order valence-electron chi connectivity index (χ4n) is 11.6. The molecule has 0 radical (unpaired) electrons. The number of hydrogen-bond acceptors (Lipinski definition) is 6. The zero-order valence-corrected chi connectivity index (χ0v) is 29.4. The molecule has 0 amide bonds. The fourth-order valence-corrected chi connectivity index (χ4v) is 11.6. The molecule has 1 saturated heterocycles. The summed E-state index contributed by atoms with van der Waals surface area (Å²) in [6, 6.07) is 1.89. The molecule has 4 N–H and O–H groups in total. The van der Waals surface area contributed by atoms with Crippen LogP contribution in [-0.2, 0) is 0 Å². The van der Waals surface area contributed by atoms with Crippen LogP contribution in [0.25, 0.3) is 0 Å². The summed E-state index contributed by atoms with van der Waals surface area (Å²) in [5.41, 5.74) is 7.05. The van der Waals surface area contributed by atoms with E-state index in [1.54, 1.807) is 6.34 Å². The van der Waals surface area contributed by atoms with Gasteiger partial charge in [0, 0.05) is 44.3 Å². The van der Waals surface area contributed by atoms with E-state index in [1.165, 1.54) is 116 Å². The first-order valence-electron chi connectivity index (χ1n) is 19.6. The molecule has 7 rings (SSSR count). The van der Waals surface area contributed by atoms with E-state index in [2.05, 4.69) is 45.8 Å². The van der Waals surface area contributed by atoms with Crippen LogP contribution in [0.1, 0.15) is 130 Å². The van der Waals surface area contributed by atoms with Crippen molar-refractivity contribution in [1.82, 2.24) is 20.0 Å². The topological polar surface area (TPSA) is 84.0 Å². The molecule has 2 heterocycles. The first-order valence-corrected chi connectivity index (χ1v) is 19.6. The first kappa shape index (κ1) is 33.6. The Morgan fingerprint density at radius 3 is 2.36 bits per heavy atom. The summed E-state index contributed by atoms with van der Waals surface area (Å²) in [7, 11) is 0. The molecule has 7 nitrogen and oxygen atoms in total. The number of rotatable bonds is 17. The maximum absolute atomic E-state index is 8.74. The van der Waals surface area contributed by atoms with Crippen molar-refractivity contribution in [3.63, 3.8) is 0 Å². The van der Waals surface area contributed by atoms with Gasteiger partial charge in [0.2, 0.25) is 0 Å². The van der Waals surface area contributed by atoms with Gasteiger partial charge in [-0.15, -0.1) is 0 Å². The minimum absolute atomic E-state index is 0.419. The average molecular weight is 624 g/mol. The van der Waals surface area contributed by atoms with Crippen molar-refractivity contribution >= 4 is 12.3 Å². The summed E-state index contributed by atoms with van der Waals surface area (Å²) in [6.45, 7) is 13.3. The maximum atomic E-state index is 8.74. The van der Waals surface area contributed by atoms with Crippen LogP contribution in [0, 0.1) is 40.4 Å². The lowest BCUT2D eigenvalue weighted by atomic mass is 9.49. The monoisotopic (exact) mass is 624 g/mol. The quantitative estimate of drug-likeness (QED) is 0.124. The SMILES string of the molecule is CCC[C@H](CN(C=N)[C@H](CC1CCCCC1)CN1CCC[C@H]1CN1C(N)=NC[C@H]1CC(C)C)NCC12CC3CC(CC(C3)C1)C2. The predicted molar refractivity (Wildman–Crippen MR) is 189 cm³/mol. The molecule has 7 heteroatoms. The van der Waals surface area contributed by atoms with Gasteiger partial charge in [0.05, 0.1) is 18.9 Å². The number of nitrogens with two attached hydrogens (primary N) is 1. The van der Waals surface area contributed by atoms with Gasteiger partial charge in [-0.05, 0) is 112 Å². The zero-order chi connectivity index (χ0) is 31.4. The van der Waals surface area contributed by atoms with E-state index in [0.717, 1.165) is 62.2 Å². The summed E-state index contributed by atoms with van der Waals surface area (Å²) in [4.78, 5) is 12.4. The summed E-state index contributed by atoms with van der Waals surface area (Å²) in [6.07, 6.45) is 25.0. The third kappa shape index (κ3) is 8.39. The van der Waals surface area contributed by atoms with Crippen molar-refractivity contribution in [3.8, 4) is 0 Å². The number of hydrogen-bond donors (Lipinski definition) is 3. The van der Waals surface area contributed by atoms with Gasteiger partial charge in [0.25, 0.3) is 0 Å². The van der Waals surface area contributed by atoms with Gasteiger partial charge in [0.1, 0.15) is 0 Å². The molecule has 4 atom stereocenters. The highest BCUT2D eigenvalue weighted by Crippen LogP contribution is 2.59. The molecular formula is C38H69N7. The number of aliphatic imine (C=N–C) groups is 1.